The monoisotopic (exact) mass is 337 g/mol. The lowest BCUT2D eigenvalue weighted by molar-refractivity contribution is -0.122. The highest BCUT2D eigenvalue weighted by molar-refractivity contribution is 5.84. The van der Waals surface area contributed by atoms with Gasteiger partial charge >= 0.3 is 0 Å². The molecule has 0 fully saturated rings. The molecule has 0 aliphatic heterocycles. The number of methoxy groups -OCH3 is 1. The van der Waals surface area contributed by atoms with Gasteiger partial charge < -0.3 is 14.6 Å². The van der Waals surface area contributed by atoms with E-state index in [1.807, 2.05) is 60.0 Å². The quantitative estimate of drug-likeness (QED) is 0.747. The zero-order valence-corrected chi connectivity index (χ0v) is 14.8. The molecule has 0 radical (unpaired) electrons. The second kappa shape index (κ2) is 7.38. The highest BCUT2D eigenvalue weighted by Gasteiger charge is 2.16. The van der Waals surface area contributed by atoms with Gasteiger partial charge in [-0.05, 0) is 49.7 Å². The normalized spacial score (nSPS) is 12.1. The van der Waals surface area contributed by atoms with Gasteiger partial charge in [0.15, 0.2) is 0 Å². The van der Waals surface area contributed by atoms with E-state index in [1.54, 1.807) is 7.11 Å². The molecule has 25 heavy (non-hydrogen) atoms. The van der Waals surface area contributed by atoms with E-state index >= 15 is 0 Å². The summed E-state index contributed by atoms with van der Waals surface area (Å²) in [7, 11) is 1.64. The summed E-state index contributed by atoms with van der Waals surface area (Å²) in [4.78, 5) is 17.2. The summed E-state index contributed by atoms with van der Waals surface area (Å²) in [5.41, 5.74) is 2.78. The molecule has 0 spiro atoms. The molecule has 1 atom stereocenters. The number of rotatable bonds is 6. The smallest absolute Gasteiger partial charge is 0.240 e. The Labute approximate surface area is 147 Å². The van der Waals surface area contributed by atoms with Crippen LogP contribution in [0.2, 0.25) is 0 Å². The van der Waals surface area contributed by atoms with Crippen molar-refractivity contribution in [2.45, 2.75) is 32.9 Å². The fraction of sp³-hybridized carbons (Fsp3) is 0.300. The van der Waals surface area contributed by atoms with Crippen LogP contribution in [-0.4, -0.2) is 28.6 Å². The van der Waals surface area contributed by atoms with Crippen molar-refractivity contribution in [3.63, 3.8) is 0 Å². The topological polar surface area (TPSA) is 56.2 Å². The molecule has 0 aliphatic carbocycles. The Balaban J connectivity index is 2.00. The van der Waals surface area contributed by atoms with E-state index in [1.165, 1.54) is 0 Å². The number of hydrogen-bond acceptors (Lipinski definition) is 3. The summed E-state index contributed by atoms with van der Waals surface area (Å²) >= 11 is 0. The van der Waals surface area contributed by atoms with Crippen LogP contribution in [0.25, 0.3) is 22.4 Å². The van der Waals surface area contributed by atoms with Crippen molar-refractivity contribution in [1.29, 1.82) is 0 Å². The van der Waals surface area contributed by atoms with Gasteiger partial charge in [0, 0.05) is 11.6 Å². The minimum Gasteiger partial charge on any atom is -0.497 e. The zero-order valence-electron chi connectivity index (χ0n) is 14.8. The van der Waals surface area contributed by atoms with Gasteiger partial charge in [-0.2, -0.15) is 0 Å². The van der Waals surface area contributed by atoms with Crippen molar-refractivity contribution in [2.75, 3.05) is 7.11 Å². The van der Waals surface area contributed by atoms with E-state index < -0.39 is 0 Å². The number of benzene rings is 2. The fourth-order valence-corrected chi connectivity index (χ4v) is 2.76. The summed E-state index contributed by atoms with van der Waals surface area (Å²) in [6.45, 7) is 4.31. The molecular formula is C20H23N3O2. The number of nitrogens with one attached hydrogen (secondary N) is 1. The van der Waals surface area contributed by atoms with Crippen molar-refractivity contribution in [1.82, 2.24) is 14.9 Å². The lowest BCUT2D eigenvalue weighted by Crippen LogP contribution is -2.34. The predicted octanol–water partition coefficient (Wildman–Crippen LogP) is 3.63. The fourth-order valence-electron chi connectivity index (χ4n) is 2.76. The third kappa shape index (κ3) is 3.65. The largest absolute Gasteiger partial charge is 0.497 e. The molecule has 1 N–H and O–H groups in total. The number of para-hydroxylation sites is 2. The van der Waals surface area contributed by atoms with Crippen LogP contribution < -0.4 is 10.1 Å². The minimum atomic E-state index is -0.00716. The van der Waals surface area contributed by atoms with Crippen LogP contribution in [0.5, 0.6) is 5.75 Å². The van der Waals surface area contributed by atoms with Crippen LogP contribution in [0.15, 0.2) is 48.5 Å². The second-order valence-corrected chi connectivity index (χ2v) is 6.12. The van der Waals surface area contributed by atoms with Gasteiger partial charge in [-0.25, -0.2) is 4.98 Å². The average Bonchev–Trinajstić information content (AvgIpc) is 3.00. The highest BCUT2D eigenvalue weighted by atomic mass is 16.5. The third-order valence-corrected chi connectivity index (χ3v) is 4.32. The Kier molecular flexibility index (Phi) is 5.03. The van der Waals surface area contributed by atoms with Crippen molar-refractivity contribution in [3.05, 3.63) is 48.5 Å². The number of aromatic nitrogens is 2. The van der Waals surface area contributed by atoms with Gasteiger partial charge in [0.05, 0.1) is 18.1 Å². The molecule has 1 amide bonds. The van der Waals surface area contributed by atoms with Crippen LogP contribution in [0.3, 0.4) is 0 Å². The SMILES string of the molecule is CCC(C)NC(=O)Cn1c(-c2ccc(OC)cc2)nc2ccccc21. The Morgan fingerprint density at radius 3 is 2.60 bits per heavy atom. The van der Waals surface area contributed by atoms with E-state index in [0.29, 0.717) is 0 Å². The molecule has 0 aliphatic rings. The number of fused-ring (bicyclic) bond motifs is 1. The molecule has 1 aromatic heterocycles. The van der Waals surface area contributed by atoms with Crippen molar-refractivity contribution in [2.24, 2.45) is 0 Å². The Morgan fingerprint density at radius 1 is 1.20 bits per heavy atom. The summed E-state index contributed by atoms with van der Waals surface area (Å²) in [6, 6.07) is 15.8. The molecule has 5 nitrogen and oxygen atoms in total. The molecule has 3 aromatic rings. The van der Waals surface area contributed by atoms with Gasteiger partial charge in [0.1, 0.15) is 18.1 Å². The van der Waals surface area contributed by atoms with Crippen molar-refractivity contribution >= 4 is 16.9 Å². The van der Waals surface area contributed by atoms with Gasteiger partial charge in [-0.1, -0.05) is 19.1 Å². The van der Waals surface area contributed by atoms with Gasteiger partial charge in [-0.3, -0.25) is 4.79 Å². The predicted molar refractivity (Wildman–Crippen MR) is 99.6 cm³/mol. The number of nitrogens with zero attached hydrogens (tertiary/aromatic N) is 2. The number of imidazole rings is 1. The number of hydrogen-bond donors (Lipinski definition) is 1. The van der Waals surface area contributed by atoms with E-state index in [9.17, 15) is 4.79 Å². The summed E-state index contributed by atoms with van der Waals surface area (Å²) in [5.74, 6) is 1.57. The highest BCUT2D eigenvalue weighted by Crippen LogP contribution is 2.26. The molecule has 2 aromatic carbocycles. The van der Waals surface area contributed by atoms with Crippen LogP contribution >= 0.6 is 0 Å². The number of amides is 1. The van der Waals surface area contributed by atoms with E-state index in [0.717, 1.165) is 34.6 Å². The first-order valence-corrected chi connectivity index (χ1v) is 8.51. The molecule has 130 valence electrons. The average molecular weight is 337 g/mol. The van der Waals surface area contributed by atoms with Crippen LogP contribution in [-0.2, 0) is 11.3 Å². The van der Waals surface area contributed by atoms with Crippen molar-refractivity contribution in [3.8, 4) is 17.1 Å². The molecule has 0 saturated carbocycles. The van der Waals surface area contributed by atoms with Gasteiger partial charge in [0.25, 0.3) is 0 Å². The Morgan fingerprint density at radius 2 is 1.92 bits per heavy atom. The van der Waals surface area contributed by atoms with Crippen LogP contribution in [0.4, 0.5) is 0 Å². The van der Waals surface area contributed by atoms with E-state index in [-0.39, 0.29) is 18.5 Å². The zero-order chi connectivity index (χ0) is 17.8. The molecule has 1 heterocycles. The summed E-state index contributed by atoms with van der Waals surface area (Å²) < 4.78 is 7.19. The molecular weight excluding hydrogens is 314 g/mol. The van der Waals surface area contributed by atoms with Crippen LogP contribution in [0.1, 0.15) is 20.3 Å². The Bertz CT molecular complexity index is 868. The molecule has 0 saturated heterocycles. The summed E-state index contributed by atoms with van der Waals surface area (Å²) in [5, 5.41) is 3.02. The molecule has 0 bridgehead atoms. The maximum absolute atomic E-state index is 12.4. The maximum atomic E-state index is 12.4. The van der Waals surface area contributed by atoms with Gasteiger partial charge in [0.2, 0.25) is 5.91 Å². The standard InChI is InChI=1S/C20H23N3O2/c1-4-14(2)21-19(24)13-23-18-8-6-5-7-17(18)22-20(23)15-9-11-16(25-3)12-10-15/h5-12,14H,4,13H2,1-3H3,(H,21,24). The lowest BCUT2D eigenvalue weighted by Gasteiger charge is -2.14. The lowest BCUT2D eigenvalue weighted by atomic mass is 10.2. The van der Waals surface area contributed by atoms with Crippen molar-refractivity contribution < 1.29 is 9.53 Å². The number of ether oxygens (including phenoxy) is 1. The summed E-state index contributed by atoms with van der Waals surface area (Å²) in [6.07, 6.45) is 0.905. The second-order valence-electron chi connectivity index (χ2n) is 6.12. The molecule has 5 heteroatoms. The minimum absolute atomic E-state index is 0.00716. The molecule has 3 rings (SSSR count). The third-order valence-electron chi connectivity index (χ3n) is 4.32. The van der Waals surface area contributed by atoms with Crippen LogP contribution in [0, 0.1) is 0 Å². The first kappa shape index (κ1) is 17.0. The number of carbonyl (C=O) groups excluding carboxylic acids is 1. The first-order chi connectivity index (χ1) is 12.1. The van der Waals surface area contributed by atoms with E-state index in [4.69, 9.17) is 9.72 Å². The van der Waals surface area contributed by atoms with E-state index in [2.05, 4.69) is 12.2 Å². The Hall–Kier alpha value is -2.82. The maximum Gasteiger partial charge on any atom is 0.240 e. The molecule has 1 unspecified atom stereocenters. The first-order valence-electron chi connectivity index (χ1n) is 8.51. The van der Waals surface area contributed by atoms with Gasteiger partial charge in [-0.15, -0.1) is 0 Å². The number of carbonyl (C=O) groups is 1.